The Balaban J connectivity index is 1.34. The molecule has 38 heavy (non-hydrogen) atoms. The van der Waals surface area contributed by atoms with Crippen LogP contribution in [0.2, 0.25) is 0 Å². The van der Waals surface area contributed by atoms with Crippen LogP contribution in [0.3, 0.4) is 0 Å². The van der Waals surface area contributed by atoms with Gasteiger partial charge in [-0.25, -0.2) is 13.9 Å². The van der Waals surface area contributed by atoms with Crippen molar-refractivity contribution < 1.29 is 41.9 Å². The molecule has 1 saturated heterocycles. The van der Waals surface area contributed by atoms with Crippen molar-refractivity contribution >= 4 is 15.7 Å². The van der Waals surface area contributed by atoms with Crippen LogP contribution in [-0.2, 0) is 25.8 Å². The van der Waals surface area contributed by atoms with Crippen molar-refractivity contribution in [3.63, 3.8) is 0 Å². The van der Waals surface area contributed by atoms with Gasteiger partial charge in [0.25, 0.3) is 5.91 Å². The molecule has 1 aliphatic rings. The first-order chi connectivity index (χ1) is 18.3. The molecule has 0 atom stereocenters. The van der Waals surface area contributed by atoms with Crippen molar-refractivity contribution in [2.45, 2.75) is 35.3 Å². The fraction of sp³-hybridized carbons (Fsp3) is 0.400. The third-order valence-corrected chi connectivity index (χ3v) is 8.86. The summed E-state index contributed by atoms with van der Waals surface area (Å²) < 4.78 is 51.7. The number of sulfone groups is 1. The Kier molecular flexibility index (Phi) is 8.49. The van der Waals surface area contributed by atoms with E-state index in [1.165, 1.54) is 29.7 Å². The Bertz CT molecular complexity index is 1330. The quantitative estimate of drug-likeness (QED) is 0.206. The molecule has 0 saturated carbocycles. The van der Waals surface area contributed by atoms with Crippen molar-refractivity contribution in [1.82, 2.24) is 15.6 Å². The van der Waals surface area contributed by atoms with E-state index in [-0.39, 0.29) is 31.0 Å². The largest absolute Gasteiger partial charge is 0.497 e. The van der Waals surface area contributed by atoms with E-state index in [0.29, 0.717) is 54.0 Å². The number of hydroxylamine groups is 1. The number of amides is 1. The number of carbonyl (C=O) groups is 1. The number of carbonyl (C=O) groups excluding carboxylic acids is 1. The van der Waals surface area contributed by atoms with E-state index in [0.717, 1.165) is 0 Å². The minimum Gasteiger partial charge on any atom is -0.497 e. The first kappa shape index (κ1) is 27.4. The number of aromatic nitrogens is 2. The second kappa shape index (κ2) is 11.8. The molecule has 13 heteroatoms. The number of ether oxygens (including phenoxy) is 4. The van der Waals surface area contributed by atoms with Gasteiger partial charge in [0.05, 0.1) is 25.7 Å². The van der Waals surface area contributed by atoms with Gasteiger partial charge in [0, 0.05) is 31.3 Å². The average Bonchev–Trinajstić information content (AvgIpc) is 3.44. The van der Waals surface area contributed by atoms with Gasteiger partial charge in [-0.3, -0.25) is 10.0 Å². The number of benzene rings is 2. The Morgan fingerprint density at radius 3 is 2.32 bits per heavy atom. The molecule has 1 fully saturated rings. The molecule has 1 aliphatic heterocycles. The Hall–Kier alpha value is -3.68. The summed E-state index contributed by atoms with van der Waals surface area (Å²) in [6, 6.07) is 11.1. The van der Waals surface area contributed by atoms with Gasteiger partial charge in [0.2, 0.25) is 11.7 Å². The van der Waals surface area contributed by atoms with Gasteiger partial charge in [-0.2, -0.15) is 4.98 Å². The molecular formula is C25H29N3O9S. The van der Waals surface area contributed by atoms with Gasteiger partial charge in [-0.1, -0.05) is 5.16 Å². The van der Waals surface area contributed by atoms with E-state index in [9.17, 15) is 13.2 Å². The third-order valence-electron chi connectivity index (χ3n) is 6.35. The first-order valence-corrected chi connectivity index (χ1v) is 13.4. The highest BCUT2D eigenvalue weighted by molar-refractivity contribution is 7.93. The third kappa shape index (κ3) is 5.59. The summed E-state index contributed by atoms with van der Waals surface area (Å²) in [7, 11) is -0.972. The van der Waals surface area contributed by atoms with Gasteiger partial charge in [-0.05, 0) is 55.7 Å². The predicted molar refractivity (Wildman–Crippen MR) is 133 cm³/mol. The van der Waals surface area contributed by atoms with Crippen LogP contribution < -0.4 is 19.7 Å². The second-order valence-corrected chi connectivity index (χ2v) is 10.8. The van der Waals surface area contributed by atoms with E-state index in [1.807, 2.05) is 0 Å². The molecule has 2 N–H and O–H groups in total. The number of rotatable bonds is 11. The maximum Gasteiger partial charge on any atom is 0.265 e. The molecule has 0 spiro atoms. The summed E-state index contributed by atoms with van der Waals surface area (Å²) in [6.07, 6.45) is 0.940. The lowest BCUT2D eigenvalue weighted by atomic mass is 9.98. The fourth-order valence-corrected chi connectivity index (χ4v) is 6.12. The molecule has 0 radical (unpaired) electrons. The van der Waals surface area contributed by atoms with Crippen molar-refractivity contribution in [1.29, 1.82) is 0 Å². The molecule has 2 heterocycles. The molecule has 204 valence electrons. The molecule has 1 amide bonds. The summed E-state index contributed by atoms with van der Waals surface area (Å²) in [4.78, 5) is 16.7. The van der Waals surface area contributed by atoms with Gasteiger partial charge < -0.3 is 23.5 Å². The molecule has 3 aromatic rings. The highest BCUT2D eigenvalue weighted by atomic mass is 32.2. The van der Waals surface area contributed by atoms with Crippen LogP contribution in [0.5, 0.6) is 17.2 Å². The van der Waals surface area contributed by atoms with Gasteiger partial charge >= 0.3 is 0 Å². The monoisotopic (exact) mass is 547 g/mol. The molecule has 12 nitrogen and oxygen atoms in total. The predicted octanol–water partition coefficient (Wildman–Crippen LogP) is 2.59. The van der Waals surface area contributed by atoms with Crippen molar-refractivity contribution in [3.05, 3.63) is 48.4 Å². The molecule has 1 aromatic heterocycles. The van der Waals surface area contributed by atoms with Crippen molar-refractivity contribution in [2.75, 3.05) is 34.0 Å². The van der Waals surface area contributed by atoms with Crippen LogP contribution in [0.4, 0.5) is 0 Å². The van der Waals surface area contributed by atoms with E-state index >= 15 is 0 Å². The second-order valence-electron chi connectivity index (χ2n) is 8.59. The van der Waals surface area contributed by atoms with Crippen LogP contribution in [0.15, 0.2) is 51.9 Å². The first-order valence-electron chi connectivity index (χ1n) is 11.9. The zero-order valence-electron chi connectivity index (χ0n) is 21.0. The van der Waals surface area contributed by atoms with Gasteiger partial charge in [0.1, 0.15) is 17.2 Å². The normalized spacial score (nSPS) is 15.0. The lowest BCUT2D eigenvalue weighted by Crippen LogP contribution is -2.54. The minimum absolute atomic E-state index is 0.0390. The van der Waals surface area contributed by atoms with Crippen molar-refractivity contribution in [3.8, 4) is 28.6 Å². The van der Waals surface area contributed by atoms with E-state index in [1.54, 1.807) is 32.4 Å². The summed E-state index contributed by atoms with van der Waals surface area (Å²) in [6.45, 7) is 0.525. The van der Waals surface area contributed by atoms with Crippen LogP contribution in [0, 0.1) is 0 Å². The average molecular weight is 548 g/mol. The Labute approximate surface area is 219 Å². The maximum atomic E-state index is 13.3. The number of hydrogen-bond acceptors (Lipinski definition) is 11. The van der Waals surface area contributed by atoms with Gasteiger partial charge in [-0.15, -0.1) is 0 Å². The number of nitrogens with zero attached hydrogens (tertiary/aromatic N) is 2. The van der Waals surface area contributed by atoms with Crippen LogP contribution in [0.25, 0.3) is 11.4 Å². The van der Waals surface area contributed by atoms with E-state index in [2.05, 4.69) is 10.1 Å². The summed E-state index contributed by atoms with van der Waals surface area (Å²) in [5, 5.41) is 13.2. The van der Waals surface area contributed by atoms with Crippen LogP contribution >= 0.6 is 0 Å². The lowest BCUT2D eigenvalue weighted by molar-refractivity contribution is -0.134. The molecule has 0 unspecified atom stereocenters. The topological polar surface area (TPSA) is 159 Å². The lowest BCUT2D eigenvalue weighted by Gasteiger charge is -2.34. The summed E-state index contributed by atoms with van der Waals surface area (Å²) in [5.41, 5.74) is 2.20. The number of methoxy groups -OCH3 is 2. The molecule has 2 aromatic carbocycles. The Morgan fingerprint density at radius 1 is 1.05 bits per heavy atom. The highest BCUT2D eigenvalue weighted by Gasteiger charge is 2.52. The minimum atomic E-state index is -4.09. The summed E-state index contributed by atoms with van der Waals surface area (Å²) in [5.74, 6) is 1.57. The molecule has 0 bridgehead atoms. The Morgan fingerprint density at radius 2 is 1.71 bits per heavy atom. The number of hydrogen-bond donors (Lipinski definition) is 2. The maximum absolute atomic E-state index is 13.3. The number of aryl methyl sites for hydroxylation is 1. The van der Waals surface area contributed by atoms with E-state index in [4.69, 9.17) is 28.7 Å². The molecule has 4 rings (SSSR count). The number of nitrogens with one attached hydrogen (secondary N) is 1. The zero-order valence-corrected chi connectivity index (χ0v) is 21.8. The SMILES string of the molecule is COc1cc(OC)cc(-c2noc(CCCOc3ccc(S(=O)(=O)C4(C(=O)NO)CCOCC4)cc3)n2)c1. The standard InChI is InChI=1S/C25H29N3O9S/c1-33-19-14-17(15-20(16-19)34-2)23-26-22(37-28-23)4-3-11-36-18-5-7-21(8-6-18)38(31,32)25(24(29)27-30)9-12-35-13-10-25/h5-8,14-16,30H,3-4,9-13H2,1-2H3,(H,27,29). The van der Waals surface area contributed by atoms with Crippen LogP contribution in [0.1, 0.15) is 25.2 Å². The zero-order chi connectivity index (χ0) is 27.2. The smallest absolute Gasteiger partial charge is 0.265 e. The van der Waals surface area contributed by atoms with E-state index < -0.39 is 20.5 Å². The molecular weight excluding hydrogens is 518 g/mol. The molecule has 0 aliphatic carbocycles. The summed E-state index contributed by atoms with van der Waals surface area (Å²) >= 11 is 0. The fourth-order valence-electron chi connectivity index (χ4n) is 4.19. The van der Waals surface area contributed by atoms with Crippen LogP contribution in [-0.4, -0.2) is 68.5 Å². The van der Waals surface area contributed by atoms with Gasteiger partial charge in [0.15, 0.2) is 14.6 Å². The highest BCUT2D eigenvalue weighted by Crippen LogP contribution is 2.36. The van der Waals surface area contributed by atoms with Crippen molar-refractivity contribution in [2.24, 2.45) is 0 Å².